The average Bonchev–Trinajstić information content (AvgIpc) is 3.04. The molecule has 0 saturated heterocycles. The van der Waals surface area contributed by atoms with E-state index in [1.807, 2.05) is 10.2 Å². The summed E-state index contributed by atoms with van der Waals surface area (Å²) in [5.74, 6) is 1.05. The third kappa shape index (κ3) is 3.64. The summed E-state index contributed by atoms with van der Waals surface area (Å²) < 4.78 is 2.01. The maximum Gasteiger partial charge on any atom is 0.138 e. The highest BCUT2D eigenvalue weighted by Gasteiger charge is 2.18. The molecule has 110 valence electrons. The lowest BCUT2D eigenvalue weighted by molar-refractivity contribution is 0.491. The zero-order valence-electron chi connectivity index (χ0n) is 12.5. The van der Waals surface area contributed by atoms with E-state index < -0.39 is 0 Å². The summed E-state index contributed by atoms with van der Waals surface area (Å²) in [5, 5.41) is 7.92. The predicted molar refractivity (Wildman–Crippen MR) is 81.9 cm³/mol. The Kier molecular flexibility index (Phi) is 5.67. The molecule has 0 radical (unpaired) electrons. The van der Waals surface area contributed by atoms with Crippen molar-refractivity contribution in [2.24, 2.45) is 0 Å². The normalized spacial score (nSPS) is 12.8. The van der Waals surface area contributed by atoms with E-state index in [1.165, 1.54) is 4.88 Å². The Morgan fingerprint density at radius 2 is 2.15 bits per heavy atom. The lowest BCUT2D eigenvalue weighted by Gasteiger charge is -2.17. The molecule has 1 N–H and O–H groups in total. The Balaban J connectivity index is 2.15. The van der Waals surface area contributed by atoms with Crippen molar-refractivity contribution in [2.75, 3.05) is 6.54 Å². The molecule has 2 heterocycles. The van der Waals surface area contributed by atoms with Crippen molar-refractivity contribution in [3.05, 3.63) is 28.2 Å². The van der Waals surface area contributed by atoms with E-state index in [0.717, 1.165) is 43.9 Å². The van der Waals surface area contributed by atoms with E-state index in [0.29, 0.717) is 0 Å². The van der Waals surface area contributed by atoms with Gasteiger partial charge in [0, 0.05) is 17.8 Å². The number of nitrogens with one attached hydrogen (secondary N) is 1. The summed E-state index contributed by atoms with van der Waals surface area (Å²) in [6, 6.07) is 0.280. The Bertz CT molecular complexity index is 519. The largest absolute Gasteiger partial charge is 0.309 e. The summed E-state index contributed by atoms with van der Waals surface area (Å²) in [5.41, 5.74) is 3.03. The van der Waals surface area contributed by atoms with E-state index in [-0.39, 0.29) is 6.04 Å². The molecule has 0 aliphatic carbocycles. The molecule has 2 aromatic rings. The van der Waals surface area contributed by atoms with Crippen LogP contribution in [0.3, 0.4) is 0 Å². The molecule has 0 amide bonds. The molecular weight excluding hydrogens is 270 g/mol. The van der Waals surface area contributed by atoms with Crippen LogP contribution in [0.2, 0.25) is 0 Å². The first-order valence-corrected chi connectivity index (χ1v) is 8.14. The van der Waals surface area contributed by atoms with Gasteiger partial charge in [0.05, 0.1) is 17.2 Å². The van der Waals surface area contributed by atoms with Crippen LogP contribution in [0.1, 0.15) is 49.1 Å². The molecule has 0 aromatic carbocycles. The second-order valence-corrected chi connectivity index (χ2v) is 5.80. The highest BCUT2D eigenvalue weighted by molar-refractivity contribution is 7.09. The molecule has 5 nitrogen and oxygen atoms in total. The summed E-state index contributed by atoms with van der Waals surface area (Å²) in [7, 11) is 0. The fourth-order valence-electron chi connectivity index (χ4n) is 2.25. The molecule has 2 aromatic heterocycles. The van der Waals surface area contributed by atoms with E-state index in [9.17, 15) is 0 Å². The highest BCUT2D eigenvalue weighted by atomic mass is 32.1. The van der Waals surface area contributed by atoms with Crippen LogP contribution in [0.15, 0.2) is 11.8 Å². The Labute approximate surface area is 124 Å². The number of thiazole rings is 1. The van der Waals surface area contributed by atoms with Gasteiger partial charge in [0.2, 0.25) is 0 Å². The van der Waals surface area contributed by atoms with Gasteiger partial charge in [-0.3, -0.25) is 4.68 Å². The Hall–Kier alpha value is -1.27. The van der Waals surface area contributed by atoms with Gasteiger partial charge in [0.25, 0.3) is 0 Å². The first kappa shape index (κ1) is 15.1. The first-order chi connectivity index (χ1) is 9.76. The van der Waals surface area contributed by atoms with Crippen molar-refractivity contribution in [3.8, 4) is 0 Å². The molecule has 0 bridgehead atoms. The molecule has 6 heteroatoms. The van der Waals surface area contributed by atoms with Crippen LogP contribution in [0.25, 0.3) is 0 Å². The van der Waals surface area contributed by atoms with E-state index in [4.69, 9.17) is 0 Å². The third-order valence-corrected chi connectivity index (χ3v) is 4.30. The van der Waals surface area contributed by atoms with Gasteiger partial charge in [0.15, 0.2) is 0 Å². The van der Waals surface area contributed by atoms with Gasteiger partial charge in [-0.1, -0.05) is 13.8 Å². The van der Waals surface area contributed by atoms with Crippen LogP contribution in [-0.4, -0.2) is 26.3 Å². The minimum Gasteiger partial charge on any atom is -0.309 e. The molecule has 1 unspecified atom stereocenters. The Morgan fingerprint density at radius 3 is 2.80 bits per heavy atom. The van der Waals surface area contributed by atoms with Crippen molar-refractivity contribution in [3.63, 3.8) is 0 Å². The second-order valence-electron chi connectivity index (χ2n) is 4.91. The minimum atomic E-state index is 0.280. The van der Waals surface area contributed by atoms with Crippen LogP contribution >= 0.6 is 11.3 Å². The molecular formula is C14H23N5S. The zero-order chi connectivity index (χ0) is 14.4. The summed E-state index contributed by atoms with van der Waals surface area (Å²) in [4.78, 5) is 10.1. The Morgan fingerprint density at radius 1 is 1.30 bits per heavy atom. The maximum absolute atomic E-state index is 4.42. The standard InChI is InChI=1S/C14H23N5S/c1-4-6-15-12(14-11(3)17-10-20-14)8-13-16-9-18-19(13)7-5-2/h9-10,12,15H,4-8H2,1-3H3. The average molecular weight is 293 g/mol. The third-order valence-electron chi connectivity index (χ3n) is 3.26. The lowest BCUT2D eigenvalue weighted by atomic mass is 10.1. The van der Waals surface area contributed by atoms with Gasteiger partial charge in [0.1, 0.15) is 12.2 Å². The van der Waals surface area contributed by atoms with Crippen molar-refractivity contribution in [1.82, 2.24) is 25.1 Å². The molecule has 1 atom stereocenters. The van der Waals surface area contributed by atoms with Crippen molar-refractivity contribution in [1.29, 1.82) is 0 Å². The van der Waals surface area contributed by atoms with E-state index in [1.54, 1.807) is 17.7 Å². The number of rotatable bonds is 8. The fraction of sp³-hybridized carbons (Fsp3) is 0.643. The molecule has 20 heavy (non-hydrogen) atoms. The van der Waals surface area contributed by atoms with Gasteiger partial charge in [-0.15, -0.1) is 11.3 Å². The zero-order valence-corrected chi connectivity index (χ0v) is 13.3. The van der Waals surface area contributed by atoms with Gasteiger partial charge >= 0.3 is 0 Å². The number of nitrogens with zero attached hydrogens (tertiary/aromatic N) is 4. The highest BCUT2D eigenvalue weighted by Crippen LogP contribution is 2.24. The second kappa shape index (κ2) is 7.50. The SMILES string of the molecule is CCCNC(Cc1ncnn1CCC)c1scnc1C. The van der Waals surface area contributed by atoms with Crippen LogP contribution in [0.5, 0.6) is 0 Å². The number of hydrogen-bond acceptors (Lipinski definition) is 5. The summed E-state index contributed by atoms with van der Waals surface area (Å²) >= 11 is 1.72. The molecule has 0 fully saturated rings. The number of hydrogen-bond donors (Lipinski definition) is 1. The quantitative estimate of drug-likeness (QED) is 0.813. The maximum atomic E-state index is 4.42. The first-order valence-electron chi connectivity index (χ1n) is 7.26. The van der Waals surface area contributed by atoms with Crippen LogP contribution in [0.4, 0.5) is 0 Å². The molecule has 0 spiro atoms. The van der Waals surface area contributed by atoms with E-state index in [2.05, 4.69) is 41.2 Å². The number of aryl methyl sites for hydroxylation is 2. The predicted octanol–water partition coefficient (Wildman–Crippen LogP) is 2.74. The fourth-order valence-corrected chi connectivity index (χ4v) is 3.13. The van der Waals surface area contributed by atoms with Gasteiger partial charge in [-0.2, -0.15) is 5.10 Å². The van der Waals surface area contributed by atoms with Gasteiger partial charge in [-0.25, -0.2) is 9.97 Å². The number of aromatic nitrogens is 4. The van der Waals surface area contributed by atoms with Gasteiger partial charge < -0.3 is 5.32 Å². The molecule has 0 saturated carbocycles. The van der Waals surface area contributed by atoms with Crippen LogP contribution < -0.4 is 5.32 Å². The minimum absolute atomic E-state index is 0.280. The smallest absolute Gasteiger partial charge is 0.138 e. The molecule has 0 aliphatic heterocycles. The molecule has 0 aliphatic rings. The van der Waals surface area contributed by atoms with E-state index >= 15 is 0 Å². The summed E-state index contributed by atoms with van der Waals surface area (Å²) in [6.07, 6.45) is 4.71. The topological polar surface area (TPSA) is 55.6 Å². The summed E-state index contributed by atoms with van der Waals surface area (Å²) in [6.45, 7) is 8.35. The lowest BCUT2D eigenvalue weighted by Crippen LogP contribution is -2.25. The van der Waals surface area contributed by atoms with Crippen molar-refractivity contribution in [2.45, 2.75) is 52.6 Å². The van der Waals surface area contributed by atoms with Crippen molar-refractivity contribution >= 4 is 11.3 Å². The van der Waals surface area contributed by atoms with Crippen LogP contribution in [0, 0.1) is 6.92 Å². The molecule has 2 rings (SSSR count). The van der Waals surface area contributed by atoms with Gasteiger partial charge in [-0.05, 0) is 26.3 Å². The van der Waals surface area contributed by atoms with Crippen LogP contribution in [-0.2, 0) is 13.0 Å². The van der Waals surface area contributed by atoms with Crippen molar-refractivity contribution < 1.29 is 0 Å². The monoisotopic (exact) mass is 293 g/mol.